The molecule has 22 heavy (non-hydrogen) atoms. The van der Waals surface area contributed by atoms with Crippen LogP contribution in [-0.4, -0.2) is 35.1 Å². The van der Waals surface area contributed by atoms with E-state index < -0.39 is 0 Å². The fourth-order valence-electron chi connectivity index (χ4n) is 2.28. The predicted octanol–water partition coefficient (Wildman–Crippen LogP) is 2.13. The van der Waals surface area contributed by atoms with Crippen molar-refractivity contribution in [2.24, 2.45) is 0 Å². The lowest BCUT2D eigenvalue weighted by molar-refractivity contribution is 0.0853. The maximum absolute atomic E-state index is 12.0. The molecule has 0 bridgehead atoms. The first-order valence-electron chi connectivity index (χ1n) is 7.35. The summed E-state index contributed by atoms with van der Waals surface area (Å²) in [6, 6.07) is 9.68. The SMILES string of the molecule is O=C(NCC1CCCO1)c1cnc(Nc2ccccc2)cn1. The largest absolute Gasteiger partial charge is 0.376 e. The Bertz CT molecular complexity index is 610. The number of hydrogen-bond acceptors (Lipinski definition) is 5. The number of carbonyl (C=O) groups is 1. The molecule has 2 N–H and O–H groups in total. The van der Waals surface area contributed by atoms with Crippen LogP contribution in [0.25, 0.3) is 0 Å². The summed E-state index contributed by atoms with van der Waals surface area (Å²) in [5.74, 6) is 0.371. The molecular weight excluding hydrogens is 280 g/mol. The molecule has 1 amide bonds. The van der Waals surface area contributed by atoms with Gasteiger partial charge in [-0.2, -0.15) is 0 Å². The van der Waals surface area contributed by atoms with E-state index in [1.807, 2.05) is 30.3 Å². The van der Waals surface area contributed by atoms with Crippen LogP contribution in [0.1, 0.15) is 23.3 Å². The molecule has 1 aliphatic heterocycles. The molecule has 0 spiro atoms. The zero-order valence-corrected chi connectivity index (χ0v) is 12.2. The highest BCUT2D eigenvalue weighted by atomic mass is 16.5. The summed E-state index contributed by atoms with van der Waals surface area (Å²) in [6.45, 7) is 1.30. The average molecular weight is 298 g/mol. The molecule has 2 aromatic rings. The molecule has 1 saturated heterocycles. The fourth-order valence-corrected chi connectivity index (χ4v) is 2.28. The number of hydrogen-bond donors (Lipinski definition) is 2. The first-order chi connectivity index (χ1) is 10.8. The maximum Gasteiger partial charge on any atom is 0.271 e. The van der Waals surface area contributed by atoms with Gasteiger partial charge >= 0.3 is 0 Å². The third kappa shape index (κ3) is 3.79. The summed E-state index contributed by atoms with van der Waals surface area (Å²) < 4.78 is 5.46. The molecule has 3 rings (SSSR count). The molecule has 6 nitrogen and oxygen atoms in total. The molecule has 1 atom stereocenters. The molecule has 0 saturated carbocycles. The van der Waals surface area contributed by atoms with E-state index >= 15 is 0 Å². The quantitative estimate of drug-likeness (QED) is 0.884. The number of rotatable bonds is 5. The zero-order valence-electron chi connectivity index (χ0n) is 12.2. The summed E-state index contributed by atoms with van der Waals surface area (Å²) in [5, 5.41) is 5.94. The Kier molecular flexibility index (Phi) is 4.60. The van der Waals surface area contributed by atoms with Gasteiger partial charge in [-0.25, -0.2) is 9.97 Å². The highest BCUT2D eigenvalue weighted by Gasteiger charge is 2.17. The highest BCUT2D eigenvalue weighted by molar-refractivity contribution is 5.92. The van der Waals surface area contributed by atoms with Crippen LogP contribution in [0.15, 0.2) is 42.7 Å². The number of ether oxygens (including phenoxy) is 1. The van der Waals surface area contributed by atoms with Crippen molar-refractivity contribution in [1.82, 2.24) is 15.3 Å². The molecule has 1 aliphatic rings. The van der Waals surface area contributed by atoms with Gasteiger partial charge in [0.1, 0.15) is 11.5 Å². The van der Waals surface area contributed by atoms with Crippen molar-refractivity contribution in [2.75, 3.05) is 18.5 Å². The third-order valence-corrected chi connectivity index (χ3v) is 3.44. The summed E-state index contributed by atoms with van der Waals surface area (Å²) in [6.07, 6.45) is 5.19. The Morgan fingerprint density at radius 1 is 1.23 bits per heavy atom. The van der Waals surface area contributed by atoms with Gasteiger partial charge in [-0.1, -0.05) is 18.2 Å². The minimum absolute atomic E-state index is 0.121. The van der Waals surface area contributed by atoms with Crippen LogP contribution in [0.2, 0.25) is 0 Å². The summed E-state index contributed by atoms with van der Waals surface area (Å²) in [4.78, 5) is 20.3. The number of para-hydroxylation sites is 1. The number of amides is 1. The van der Waals surface area contributed by atoms with E-state index in [-0.39, 0.29) is 12.0 Å². The van der Waals surface area contributed by atoms with Crippen LogP contribution in [0, 0.1) is 0 Å². The van der Waals surface area contributed by atoms with Gasteiger partial charge in [-0.15, -0.1) is 0 Å². The van der Waals surface area contributed by atoms with Gasteiger partial charge in [0.25, 0.3) is 5.91 Å². The smallest absolute Gasteiger partial charge is 0.271 e. The van der Waals surface area contributed by atoms with Gasteiger partial charge in [0.05, 0.1) is 18.5 Å². The van der Waals surface area contributed by atoms with Crippen LogP contribution in [0.3, 0.4) is 0 Å². The Morgan fingerprint density at radius 3 is 2.77 bits per heavy atom. The number of carbonyl (C=O) groups excluding carboxylic acids is 1. The predicted molar refractivity (Wildman–Crippen MR) is 83.1 cm³/mol. The fraction of sp³-hybridized carbons (Fsp3) is 0.312. The Labute approximate surface area is 128 Å². The van der Waals surface area contributed by atoms with E-state index in [4.69, 9.17) is 4.74 Å². The normalized spacial score (nSPS) is 17.2. The maximum atomic E-state index is 12.0. The highest BCUT2D eigenvalue weighted by Crippen LogP contribution is 2.13. The lowest BCUT2D eigenvalue weighted by Crippen LogP contribution is -2.32. The third-order valence-electron chi connectivity index (χ3n) is 3.44. The van der Waals surface area contributed by atoms with Gasteiger partial charge in [0.2, 0.25) is 0 Å². The van der Waals surface area contributed by atoms with Gasteiger partial charge in [0, 0.05) is 18.8 Å². The van der Waals surface area contributed by atoms with Crippen molar-refractivity contribution in [3.63, 3.8) is 0 Å². The summed E-state index contributed by atoms with van der Waals surface area (Å²) in [5.41, 5.74) is 1.23. The first kappa shape index (κ1) is 14.5. The van der Waals surface area contributed by atoms with Crippen LogP contribution in [-0.2, 0) is 4.74 Å². The zero-order chi connectivity index (χ0) is 15.2. The minimum Gasteiger partial charge on any atom is -0.376 e. The van der Waals surface area contributed by atoms with Crippen LogP contribution >= 0.6 is 0 Å². The van der Waals surface area contributed by atoms with E-state index in [1.54, 1.807) is 6.20 Å². The Balaban J connectivity index is 1.55. The second-order valence-corrected chi connectivity index (χ2v) is 5.12. The van der Waals surface area contributed by atoms with Crippen LogP contribution in [0.5, 0.6) is 0 Å². The van der Waals surface area contributed by atoms with Crippen molar-refractivity contribution in [3.05, 3.63) is 48.4 Å². The van der Waals surface area contributed by atoms with E-state index in [0.717, 1.165) is 25.1 Å². The van der Waals surface area contributed by atoms with Crippen molar-refractivity contribution >= 4 is 17.4 Å². The van der Waals surface area contributed by atoms with Gasteiger partial charge in [-0.05, 0) is 25.0 Å². The number of aromatic nitrogens is 2. The van der Waals surface area contributed by atoms with Crippen molar-refractivity contribution < 1.29 is 9.53 Å². The molecule has 114 valence electrons. The van der Waals surface area contributed by atoms with Crippen LogP contribution < -0.4 is 10.6 Å². The average Bonchev–Trinajstić information content (AvgIpc) is 3.08. The topological polar surface area (TPSA) is 76.1 Å². The number of benzene rings is 1. The van der Waals surface area contributed by atoms with Crippen LogP contribution in [0.4, 0.5) is 11.5 Å². The monoisotopic (exact) mass is 298 g/mol. The minimum atomic E-state index is -0.228. The van der Waals surface area contributed by atoms with Crippen molar-refractivity contribution in [3.8, 4) is 0 Å². The lowest BCUT2D eigenvalue weighted by atomic mass is 10.2. The molecule has 0 radical (unpaired) electrons. The van der Waals surface area contributed by atoms with E-state index in [0.29, 0.717) is 18.1 Å². The molecule has 1 aromatic heterocycles. The Morgan fingerprint density at radius 2 is 2.09 bits per heavy atom. The number of nitrogens with one attached hydrogen (secondary N) is 2. The van der Waals surface area contributed by atoms with E-state index in [1.165, 1.54) is 6.20 Å². The second kappa shape index (κ2) is 7.00. The summed E-state index contributed by atoms with van der Waals surface area (Å²) in [7, 11) is 0. The lowest BCUT2D eigenvalue weighted by Gasteiger charge is -2.10. The van der Waals surface area contributed by atoms with Gasteiger partial charge < -0.3 is 15.4 Å². The van der Waals surface area contributed by atoms with E-state index in [2.05, 4.69) is 20.6 Å². The second-order valence-electron chi connectivity index (χ2n) is 5.12. The van der Waals surface area contributed by atoms with Crippen molar-refractivity contribution in [2.45, 2.75) is 18.9 Å². The first-order valence-corrected chi connectivity index (χ1v) is 7.35. The number of anilines is 2. The van der Waals surface area contributed by atoms with E-state index in [9.17, 15) is 4.79 Å². The molecule has 0 aliphatic carbocycles. The molecule has 1 aromatic carbocycles. The standard InChI is InChI=1S/C16H18N4O2/c21-16(19-9-13-7-4-8-22-13)14-10-18-15(11-17-14)20-12-5-2-1-3-6-12/h1-3,5-6,10-11,13H,4,7-9H2,(H,18,20)(H,19,21). The van der Waals surface area contributed by atoms with Gasteiger partial charge in [0.15, 0.2) is 0 Å². The van der Waals surface area contributed by atoms with Crippen molar-refractivity contribution in [1.29, 1.82) is 0 Å². The van der Waals surface area contributed by atoms with Gasteiger partial charge in [-0.3, -0.25) is 4.79 Å². The molecule has 6 heteroatoms. The molecule has 1 unspecified atom stereocenters. The number of nitrogens with zero attached hydrogens (tertiary/aromatic N) is 2. The molecular formula is C16H18N4O2. The molecule has 2 heterocycles. The molecule has 1 fully saturated rings. The summed E-state index contributed by atoms with van der Waals surface area (Å²) >= 11 is 0. The Hall–Kier alpha value is -2.47.